The second-order valence-electron chi connectivity index (χ2n) is 3.15. The number of alkyl halides is 3. The smallest absolute Gasteiger partial charge is 0.396 e. The van der Waals surface area contributed by atoms with Crippen molar-refractivity contribution in [1.82, 2.24) is 0 Å². The lowest BCUT2D eigenvalue weighted by atomic mass is 10.1. The van der Waals surface area contributed by atoms with Gasteiger partial charge in [0.2, 0.25) is 0 Å². The van der Waals surface area contributed by atoms with Crippen LogP contribution in [0.2, 0.25) is 5.02 Å². The van der Waals surface area contributed by atoms with Crippen LogP contribution in [-0.2, 0) is 6.18 Å². The SMILES string of the molecule is OCCC=Cc1cc(C(F)(F)F)ccc1Cl. The van der Waals surface area contributed by atoms with E-state index in [1.54, 1.807) is 6.08 Å². The number of aliphatic hydroxyl groups excluding tert-OH is 1. The predicted molar refractivity (Wildman–Crippen MR) is 57.2 cm³/mol. The fourth-order valence-corrected chi connectivity index (χ4v) is 1.31. The number of hydrogen-bond acceptors (Lipinski definition) is 1. The van der Waals surface area contributed by atoms with Crippen molar-refractivity contribution in [2.45, 2.75) is 12.6 Å². The highest BCUT2D eigenvalue weighted by Gasteiger charge is 2.30. The number of rotatable bonds is 3. The maximum atomic E-state index is 12.4. The molecule has 88 valence electrons. The van der Waals surface area contributed by atoms with E-state index in [4.69, 9.17) is 16.7 Å². The third kappa shape index (κ3) is 3.54. The van der Waals surface area contributed by atoms with Crippen molar-refractivity contribution in [1.29, 1.82) is 0 Å². The number of hydrogen-bond donors (Lipinski definition) is 1. The minimum atomic E-state index is -4.37. The van der Waals surface area contributed by atoms with Gasteiger partial charge >= 0.3 is 6.18 Å². The van der Waals surface area contributed by atoms with Crippen LogP contribution in [0.3, 0.4) is 0 Å². The zero-order valence-electron chi connectivity index (χ0n) is 8.26. The molecule has 0 atom stereocenters. The molecule has 0 fully saturated rings. The average molecular weight is 251 g/mol. The van der Waals surface area contributed by atoms with E-state index in [1.807, 2.05) is 0 Å². The summed E-state index contributed by atoms with van der Waals surface area (Å²) in [4.78, 5) is 0. The molecule has 0 bridgehead atoms. The van der Waals surface area contributed by atoms with Crippen molar-refractivity contribution >= 4 is 17.7 Å². The Kier molecular flexibility index (Phi) is 4.38. The van der Waals surface area contributed by atoms with E-state index >= 15 is 0 Å². The highest BCUT2D eigenvalue weighted by Crippen LogP contribution is 2.32. The molecule has 0 unspecified atom stereocenters. The van der Waals surface area contributed by atoms with Crippen molar-refractivity contribution in [3.05, 3.63) is 40.4 Å². The molecular weight excluding hydrogens is 241 g/mol. The standard InChI is InChI=1S/C11H10ClF3O/c12-10-5-4-9(11(13,14)15)7-8(10)3-1-2-6-16/h1,3-5,7,16H,2,6H2. The van der Waals surface area contributed by atoms with Crippen LogP contribution in [0.1, 0.15) is 17.5 Å². The topological polar surface area (TPSA) is 20.2 Å². The molecule has 0 heterocycles. The fourth-order valence-electron chi connectivity index (χ4n) is 1.13. The predicted octanol–water partition coefficient (Wildman–Crippen LogP) is 3.75. The molecule has 1 aromatic carbocycles. The molecule has 0 amide bonds. The van der Waals surface area contributed by atoms with Gasteiger partial charge in [0, 0.05) is 11.6 Å². The Bertz CT molecular complexity index is 385. The summed E-state index contributed by atoms with van der Waals surface area (Å²) in [6.45, 7) is -0.0485. The highest BCUT2D eigenvalue weighted by atomic mass is 35.5. The van der Waals surface area contributed by atoms with Gasteiger partial charge in [-0.2, -0.15) is 13.2 Å². The summed E-state index contributed by atoms with van der Waals surface area (Å²) in [5.41, 5.74) is -0.439. The van der Waals surface area contributed by atoms with Gasteiger partial charge in [0.1, 0.15) is 0 Å². The maximum absolute atomic E-state index is 12.4. The summed E-state index contributed by atoms with van der Waals surface area (Å²) in [6.07, 6.45) is -0.952. The van der Waals surface area contributed by atoms with Crippen molar-refractivity contribution in [2.75, 3.05) is 6.61 Å². The minimum Gasteiger partial charge on any atom is -0.396 e. The second kappa shape index (κ2) is 5.37. The molecule has 0 spiro atoms. The normalized spacial score (nSPS) is 12.3. The van der Waals surface area contributed by atoms with Gasteiger partial charge in [-0.25, -0.2) is 0 Å². The summed E-state index contributed by atoms with van der Waals surface area (Å²) >= 11 is 5.74. The molecule has 1 rings (SSSR count). The van der Waals surface area contributed by atoms with E-state index in [2.05, 4.69) is 0 Å². The maximum Gasteiger partial charge on any atom is 0.416 e. The molecule has 0 aliphatic rings. The van der Waals surface area contributed by atoms with Gasteiger partial charge in [0.05, 0.1) is 5.56 Å². The van der Waals surface area contributed by atoms with E-state index in [-0.39, 0.29) is 11.6 Å². The summed E-state index contributed by atoms with van der Waals surface area (Å²) in [6, 6.07) is 3.13. The molecule has 0 saturated heterocycles. The van der Waals surface area contributed by atoms with Crippen molar-refractivity contribution in [3.8, 4) is 0 Å². The van der Waals surface area contributed by atoms with Gasteiger partial charge in [0.25, 0.3) is 0 Å². The highest BCUT2D eigenvalue weighted by molar-refractivity contribution is 6.32. The van der Waals surface area contributed by atoms with Gasteiger partial charge < -0.3 is 5.11 Å². The largest absolute Gasteiger partial charge is 0.416 e. The number of benzene rings is 1. The molecular formula is C11H10ClF3O. The number of aliphatic hydroxyl groups is 1. The summed E-state index contributed by atoms with van der Waals surface area (Å²) in [7, 11) is 0. The van der Waals surface area contributed by atoms with E-state index in [0.717, 1.165) is 12.1 Å². The summed E-state index contributed by atoms with van der Waals surface area (Å²) in [5.74, 6) is 0. The molecule has 0 saturated carbocycles. The van der Waals surface area contributed by atoms with Crippen LogP contribution in [0.25, 0.3) is 6.08 Å². The second-order valence-corrected chi connectivity index (χ2v) is 3.56. The Morgan fingerprint density at radius 2 is 2.00 bits per heavy atom. The van der Waals surface area contributed by atoms with Crippen LogP contribution in [0, 0.1) is 0 Å². The van der Waals surface area contributed by atoms with Crippen molar-refractivity contribution < 1.29 is 18.3 Å². The van der Waals surface area contributed by atoms with Crippen LogP contribution in [-0.4, -0.2) is 11.7 Å². The molecule has 1 nitrogen and oxygen atoms in total. The van der Waals surface area contributed by atoms with Gasteiger partial charge in [-0.05, 0) is 30.2 Å². The van der Waals surface area contributed by atoms with E-state index in [1.165, 1.54) is 12.1 Å². The monoisotopic (exact) mass is 250 g/mol. The van der Waals surface area contributed by atoms with Gasteiger partial charge in [-0.3, -0.25) is 0 Å². The molecule has 16 heavy (non-hydrogen) atoms. The minimum absolute atomic E-state index is 0.0485. The first kappa shape index (κ1) is 13.1. The quantitative estimate of drug-likeness (QED) is 0.866. The lowest BCUT2D eigenvalue weighted by Crippen LogP contribution is -2.04. The van der Waals surface area contributed by atoms with Crippen LogP contribution in [0.5, 0.6) is 0 Å². The van der Waals surface area contributed by atoms with E-state index < -0.39 is 11.7 Å². The van der Waals surface area contributed by atoms with Crippen molar-refractivity contribution in [3.63, 3.8) is 0 Å². The molecule has 0 aliphatic carbocycles. The first-order valence-electron chi connectivity index (χ1n) is 4.59. The summed E-state index contributed by atoms with van der Waals surface area (Å²) < 4.78 is 37.1. The molecule has 0 aromatic heterocycles. The lowest BCUT2D eigenvalue weighted by Gasteiger charge is -2.08. The molecule has 1 aromatic rings. The number of halogens is 4. The Hall–Kier alpha value is -1.00. The Morgan fingerprint density at radius 1 is 1.31 bits per heavy atom. The zero-order valence-corrected chi connectivity index (χ0v) is 9.02. The first-order chi connectivity index (χ1) is 7.45. The molecule has 0 aliphatic heterocycles. The molecule has 0 radical (unpaired) electrons. The van der Waals surface area contributed by atoms with Gasteiger partial charge in [-0.15, -0.1) is 0 Å². The van der Waals surface area contributed by atoms with Crippen LogP contribution in [0.15, 0.2) is 24.3 Å². The fraction of sp³-hybridized carbons (Fsp3) is 0.273. The Morgan fingerprint density at radius 3 is 2.56 bits per heavy atom. The first-order valence-corrected chi connectivity index (χ1v) is 4.97. The van der Waals surface area contributed by atoms with E-state index in [9.17, 15) is 13.2 Å². The third-order valence-corrected chi connectivity index (χ3v) is 2.26. The summed E-state index contributed by atoms with van der Waals surface area (Å²) in [5, 5.41) is 8.79. The lowest BCUT2D eigenvalue weighted by molar-refractivity contribution is -0.137. The zero-order chi connectivity index (χ0) is 12.2. The van der Waals surface area contributed by atoms with E-state index in [0.29, 0.717) is 12.0 Å². The van der Waals surface area contributed by atoms with Gasteiger partial charge in [-0.1, -0.05) is 23.8 Å². The molecule has 5 heteroatoms. The van der Waals surface area contributed by atoms with Crippen molar-refractivity contribution in [2.24, 2.45) is 0 Å². The Labute approximate surface area is 96.2 Å². The van der Waals surface area contributed by atoms with Crippen LogP contribution in [0.4, 0.5) is 13.2 Å². The molecule has 1 N–H and O–H groups in total. The van der Waals surface area contributed by atoms with Crippen LogP contribution >= 0.6 is 11.6 Å². The average Bonchev–Trinajstić information content (AvgIpc) is 2.19. The van der Waals surface area contributed by atoms with Gasteiger partial charge in [0.15, 0.2) is 0 Å². The third-order valence-electron chi connectivity index (χ3n) is 1.92. The van der Waals surface area contributed by atoms with Crippen LogP contribution < -0.4 is 0 Å². The Balaban J connectivity index is 3.00.